The van der Waals surface area contributed by atoms with Crippen molar-refractivity contribution in [1.82, 2.24) is 5.32 Å². The predicted molar refractivity (Wildman–Crippen MR) is 114 cm³/mol. The molecule has 0 saturated carbocycles. The number of carbonyl (C=O) groups excluding carboxylic acids is 2. The minimum absolute atomic E-state index is 0.187. The molecule has 1 rings (SSSR count). The van der Waals surface area contributed by atoms with Crippen LogP contribution in [0.15, 0.2) is 24.3 Å². The van der Waals surface area contributed by atoms with Crippen LogP contribution in [0.4, 0.5) is 0 Å². The van der Waals surface area contributed by atoms with Crippen molar-refractivity contribution in [3.05, 3.63) is 35.4 Å². The fraction of sp³-hybridized carbons (Fsp3) is 0.636. The van der Waals surface area contributed by atoms with E-state index in [0.717, 1.165) is 36.9 Å². The predicted octanol–water partition coefficient (Wildman–Crippen LogP) is 4.43. The van der Waals surface area contributed by atoms with E-state index in [2.05, 4.69) is 35.1 Å². The van der Waals surface area contributed by atoms with Gasteiger partial charge in [0, 0.05) is 0 Å². The lowest BCUT2D eigenvalue weighted by Crippen LogP contribution is -2.34. The van der Waals surface area contributed by atoms with Gasteiger partial charge in [-0.25, -0.2) is 0 Å². The molecule has 0 aliphatic rings. The van der Waals surface area contributed by atoms with Gasteiger partial charge in [0.25, 0.3) is 0 Å². The molecular formula is C22H34BrNO3. The lowest BCUT2D eigenvalue weighted by atomic mass is 9.73. The number of halogens is 1. The molecule has 1 unspecified atom stereocenters. The van der Waals surface area contributed by atoms with Crippen molar-refractivity contribution in [3.63, 3.8) is 0 Å². The van der Waals surface area contributed by atoms with Gasteiger partial charge in [0.15, 0.2) is 5.78 Å². The van der Waals surface area contributed by atoms with Crippen LogP contribution in [0, 0.1) is 5.41 Å². The fourth-order valence-corrected chi connectivity index (χ4v) is 4.07. The van der Waals surface area contributed by atoms with Gasteiger partial charge in [0.2, 0.25) is 0 Å². The highest BCUT2D eigenvalue weighted by molar-refractivity contribution is 9.09. The summed E-state index contributed by atoms with van der Waals surface area (Å²) < 4.78 is 5.00. The number of nitrogens with one attached hydrogen (secondary N) is 1. The molecule has 0 spiro atoms. The van der Waals surface area contributed by atoms with Crippen molar-refractivity contribution < 1.29 is 14.3 Å². The third-order valence-corrected chi connectivity index (χ3v) is 5.68. The minimum Gasteiger partial charge on any atom is -0.466 e. The summed E-state index contributed by atoms with van der Waals surface area (Å²) in [6.45, 7) is 9.67. The molecule has 1 N–H and O–H groups in total. The number of benzene rings is 1. The highest BCUT2D eigenvalue weighted by atomic mass is 79.9. The zero-order valence-electron chi connectivity index (χ0n) is 17.4. The molecule has 1 aromatic rings. The Kier molecular flexibility index (Phi) is 9.68. The number of hydrogen-bond donors (Lipinski definition) is 1. The number of ketones is 1. The monoisotopic (exact) mass is 439 g/mol. The molecule has 0 bridgehead atoms. The fourth-order valence-electron chi connectivity index (χ4n) is 3.45. The second kappa shape index (κ2) is 11.0. The maximum atomic E-state index is 12.7. The Hall–Kier alpha value is -1.20. The Labute approximate surface area is 172 Å². The highest BCUT2D eigenvalue weighted by Crippen LogP contribution is 2.34. The lowest BCUT2D eigenvalue weighted by molar-refractivity contribution is -0.142. The van der Waals surface area contributed by atoms with Crippen LogP contribution in [-0.2, 0) is 26.2 Å². The van der Waals surface area contributed by atoms with E-state index in [1.807, 2.05) is 38.2 Å². The molecule has 0 aliphatic heterocycles. The van der Waals surface area contributed by atoms with Gasteiger partial charge >= 0.3 is 5.97 Å². The average molecular weight is 440 g/mol. The summed E-state index contributed by atoms with van der Waals surface area (Å²) in [6.07, 6.45) is 3.10. The third-order valence-electron chi connectivity index (χ3n) is 5.17. The van der Waals surface area contributed by atoms with E-state index in [4.69, 9.17) is 4.74 Å². The Morgan fingerprint density at radius 1 is 1.11 bits per heavy atom. The van der Waals surface area contributed by atoms with Gasteiger partial charge in [0.05, 0.1) is 23.8 Å². The lowest BCUT2D eigenvalue weighted by Gasteiger charge is -2.31. The molecule has 27 heavy (non-hydrogen) atoms. The van der Waals surface area contributed by atoms with Crippen LogP contribution in [0.25, 0.3) is 0 Å². The van der Waals surface area contributed by atoms with E-state index in [0.29, 0.717) is 11.9 Å². The maximum absolute atomic E-state index is 12.7. The molecule has 0 amide bonds. The first-order valence-corrected chi connectivity index (χ1v) is 10.8. The summed E-state index contributed by atoms with van der Waals surface area (Å²) in [5.41, 5.74) is 1.59. The quantitative estimate of drug-likeness (QED) is 0.386. The molecular weight excluding hydrogens is 406 g/mol. The summed E-state index contributed by atoms with van der Waals surface area (Å²) >= 11 is 3.35. The maximum Gasteiger partial charge on any atom is 0.310 e. The number of Topliss-reactive ketones (excluding diaryl/α,β-unsaturated/α-hetero) is 1. The van der Waals surface area contributed by atoms with Crippen LogP contribution in [0.5, 0.6) is 0 Å². The van der Waals surface area contributed by atoms with Gasteiger partial charge in [-0.3, -0.25) is 9.59 Å². The van der Waals surface area contributed by atoms with Crippen molar-refractivity contribution in [1.29, 1.82) is 0 Å². The van der Waals surface area contributed by atoms with Crippen LogP contribution in [-0.4, -0.2) is 37.3 Å². The summed E-state index contributed by atoms with van der Waals surface area (Å²) in [6, 6.07) is 7.82. The number of alkyl halides is 1. The molecule has 0 aromatic heterocycles. The summed E-state index contributed by atoms with van der Waals surface area (Å²) in [7, 11) is 1.97. The normalized spacial score (nSPS) is 13.9. The topological polar surface area (TPSA) is 55.4 Å². The summed E-state index contributed by atoms with van der Waals surface area (Å²) in [5.74, 6) is -0.0385. The minimum atomic E-state index is -0.526. The van der Waals surface area contributed by atoms with E-state index < -0.39 is 5.41 Å². The summed E-state index contributed by atoms with van der Waals surface area (Å²) in [5, 5.41) is 3.58. The van der Waals surface area contributed by atoms with Crippen molar-refractivity contribution in [2.45, 2.75) is 58.8 Å². The van der Waals surface area contributed by atoms with Crippen molar-refractivity contribution >= 4 is 27.7 Å². The van der Waals surface area contributed by atoms with Gasteiger partial charge in [-0.05, 0) is 56.8 Å². The zero-order chi connectivity index (χ0) is 20.5. The molecule has 0 fully saturated rings. The smallest absolute Gasteiger partial charge is 0.310 e. The molecule has 0 saturated heterocycles. The largest absolute Gasteiger partial charge is 0.466 e. The number of hydrogen-bond acceptors (Lipinski definition) is 4. The first-order valence-electron chi connectivity index (χ1n) is 9.67. The summed E-state index contributed by atoms with van der Waals surface area (Å²) in [4.78, 5) is 24.4. The zero-order valence-corrected chi connectivity index (χ0v) is 18.9. The molecule has 0 heterocycles. The molecule has 0 radical (unpaired) electrons. The van der Waals surface area contributed by atoms with Gasteiger partial charge in [-0.1, -0.05) is 60.5 Å². The van der Waals surface area contributed by atoms with E-state index in [1.165, 1.54) is 0 Å². The second-order valence-electron chi connectivity index (χ2n) is 8.12. The van der Waals surface area contributed by atoms with Crippen molar-refractivity contribution in [2.24, 2.45) is 5.41 Å². The molecule has 4 nitrogen and oxygen atoms in total. The Morgan fingerprint density at radius 3 is 2.26 bits per heavy atom. The van der Waals surface area contributed by atoms with Crippen LogP contribution in [0.2, 0.25) is 0 Å². The standard InChI is InChI=1S/C22H34BrNO3/c1-6-27-20(26)14-17-8-10-18(11-9-17)22(4,19(25)15-23)13-7-12-21(2,3)16-24-5/h8-11,24H,6-7,12-16H2,1-5H3. The molecule has 1 atom stereocenters. The van der Waals surface area contributed by atoms with Gasteiger partial charge in [-0.15, -0.1) is 0 Å². The van der Waals surface area contributed by atoms with Crippen molar-refractivity contribution in [2.75, 3.05) is 25.5 Å². The average Bonchev–Trinajstić information content (AvgIpc) is 2.61. The molecule has 152 valence electrons. The Balaban J connectivity index is 2.89. The highest BCUT2D eigenvalue weighted by Gasteiger charge is 2.34. The van der Waals surface area contributed by atoms with E-state index >= 15 is 0 Å². The molecule has 1 aromatic carbocycles. The molecule has 5 heteroatoms. The first kappa shape index (κ1) is 23.8. The van der Waals surface area contributed by atoms with Crippen molar-refractivity contribution in [3.8, 4) is 0 Å². The first-order chi connectivity index (χ1) is 12.7. The van der Waals surface area contributed by atoms with Gasteiger partial charge in [-0.2, -0.15) is 0 Å². The SMILES string of the molecule is CCOC(=O)Cc1ccc(C(C)(CCCC(C)(C)CNC)C(=O)CBr)cc1. The van der Waals surface area contributed by atoms with Gasteiger partial charge in [0.1, 0.15) is 0 Å². The molecule has 0 aliphatic carbocycles. The second-order valence-corrected chi connectivity index (χ2v) is 8.68. The Morgan fingerprint density at radius 2 is 1.74 bits per heavy atom. The van der Waals surface area contributed by atoms with Crippen LogP contribution in [0.1, 0.15) is 58.1 Å². The van der Waals surface area contributed by atoms with E-state index in [1.54, 1.807) is 6.92 Å². The Bertz CT molecular complexity index is 612. The number of carbonyl (C=O) groups is 2. The van der Waals surface area contributed by atoms with Crippen LogP contribution >= 0.6 is 15.9 Å². The van der Waals surface area contributed by atoms with E-state index in [-0.39, 0.29) is 23.6 Å². The third kappa shape index (κ3) is 7.38. The van der Waals surface area contributed by atoms with Crippen LogP contribution in [0.3, 0.4) is 0 Å². The van der Waals surface area contributed by atoms with Crippen LogP contribution < -0.4 is 5.32 Å². The number of esters is 1. The van der Waals surface area contributed by atoms with Gasteiger partial charge < -0.3 is 10.1 Å². The number of rotatable bonds is 12. The van der Waals surface area contributed by atoms with E-state index in [9.17, 15) is 9.59 Å². The number of ether oxygens (including phenoxy) is 1.